The molecule has 0 spiro atoms. The van der Waals surface area contributed by atoms with Crippen molar-refractivity contribution in [2.75, 3.05) is 14.1 Å². The molecule has 0 amide bonds. The van der Waals surface area contributed by atoms with Gasteiger partial charge in [-0.2, -0.15) is 0 Å². The van der Waals surface area contributed by atoms with Crippen molar-refractivity contribution in [3.63, 3.8) is 0 Å². The fraction of sp³-hybridized carbons (Fsp3) is 0.778. The normalized spacial score (nSPS) is 7.70. The zero-order valence-electron chi connectivity index (χ0n) is 8.07. The third kappa shape index (κ3) is 15.6. The average molecular weight is 143 g/mol. The lowest BCUT2D eigenvalue weighted by Gasteiger charge is -2.08. The Morgan fingerprint density at radius 1 is 1.20 bits per heavy atom. The van der Waals surface area contributed by atoms with Crippen LogP contribution in [0.2, 0.25) is 0 Å². The van der Waals surface area contributed by atoms with Gasteiger partial charge in [0.15, 0.2) is 0 Å². The lowest BCUT2D eigenvalue weighted by Crippen LogP contribution is -2.05. The average Bonchev–Trinajstić information content (AvgIpc) is 1.89. The first-order chi connectivity index (χ1) is 4.56. The number of allylic oxidation sites excluding steroid dienone is 1. The Morgan fingerprint density at radius 2 is 1.40 bits per heavy atom. The summed E-state index contributed by atoms with van der Waals surface area (Å²) in [6, 6.07) is 0. The number of nitrogens with zero attached hydrogens (tertiary/aromatic N) is 1. The van der Waals surface area contributed by atoms with Gasteiger partial charge in [-0.25, -0.2) is 0 Å². The van der Waals surface area contributed by atoms with Crippen molar-refractivity contribution in [3.8, 4) is 0 Å². The molecule has 0 rings (SSSR count). The molecular weight excluding hydrogens is 122 g/mol. The van der Waals surface area contributed by atoms with Gasteiger partial charge in [0.25, 0.3) is 0 Å². The predicted molar refractivity (Wildman–Crippen MR) is 49.1 cm³/mol. The van der Waals surface area contributed by atoms with E-state index in [1.165, 1.54) is 12.8 Å². The van der Waals surface area contributed by atoms with Crippen molar-refractivity contribution in [2.45, 2.75) is 33.6 Å². The second kappa shape index (κ2) is 8.54. The molecule has 0 radical (unpaired) electrons. The minimum atomic E-state index is 1.09. The highest BCUT2D eigenvalue weighted by Crippen LogP contribution is 1.86. The summed E-state index contributed by atoms with van der Waals surface area (Å²) >= 11 is 0. The van der Waals surface area contributed by atoms with E-state index >= 15 is 0 Å². The monoisotopic (exact) mass is 143 g/mol. The Balaban J connectivity index is 0. The maximum atomic E-state index is 3.68. The summed E-state index contributed by atoms with van der Waals surface area (Å²) in [5, 5.41) is 0. The fourth-order valence-electron chi connectivity index (χ4n) is 0. The molecule has 0 bridgehead atoms. The maximum absolute atomic E-state index is 3.68. The fourth-order valence-corrected chi connectivity index (χ4v) is 0. The zero-order chi connectivity index (χ0) is 8.57. The number of rotatable bonds is 2. The van der Waals surface area contributed by atoms with Gasteiger partial charge in [0.2, 0.25) is 0 Å². The van der Waals surface area contributed by atoms with E-state index in [-0.39, 0.29) is 0 Å². The van der Waals surface area contributed by atoms with Crippen molar-refractivity contribution >= 4 is 0 Å². The standard InChI is InChI=1S/C5H11N.C4H10/c1-5(2)6(3)4;1-3-4-2/h1H2,2-4H3;3-4H2,1-2H3. The molecule has 0 aromatic rings. The van der Waals surface area contributed by atoms with E-state index in [1.54, 1.807) is 0 Å². The largest absolute Gasteiger partial charge is 0.382 e. The minimum Gasteiger partial charge on any atom is -0.382 e. The van der Waals surface area contributed by atoms with Gasteiger partial charge in [-0.05, 0) is 6.92 Å². The summed E-state index contributed by atoms with van der Waals surface area (Å²) in [4.78, 5) is 1.97. The molecule has 0 aromatic heterocycles. The first-order valence-corrected chi connectivity index (χ1v) is 3.89. The van der Waals surface area contributed by atoms with E-state index in [1.807, 2.05) is 25.9 Å². The highest BCUT2D eigenvalue weighted by molar-refractivity contribution is 4.82. The van der Waals surface area contributed by atoms with Crippen LogP contribution in [0.3, 0.4) is 0 Å². The Morgan fingerprint density at radius 3 is 1.40 bits per heavy atom. The van der Waals surface area contributed by atoms with Gasteiger partial charge in [0.05, 0.1) is 0 Å². The first-order valence-electron chi connectivity index (χ1n) is 3.89. The molecule has 1 nitrogen and oxygen atoms in total. The Hall–Kier alpha value is -0.460. The van der Waals surface area contributed by atoms with E-state index in [2.05, 4.69) is 20.4 Å². The molecule has 62 valence electrons. The molecular formula is C9H21N. The van der Waals surface area contributed by atoms with Crippen molar-refractivity contribution < 1.29 is 0 Å². The molecule has 0 atom stereocenters. The van der Waals surface area contributed by atoms with Crippen molar-refractivity contribution in [1.82, 2.24) is 4.90 Å². The van der Waals surface area contributed by atoms with Crippen LogP contribution in [-0.4, -0.2) is 19.0 Å². The van der Waals surface area contributed by atoms with Crippen LogP contribution in [0.25, 0.3) is 0 Å². The summed E-state index contributed by atoms with van der Waals surface area (Å²) in [7, 11) is 3.95. The van der Waals surface area contributed by atoms with Gasteiger partial charge >= 0.3 is 0 Å². The molecule has 0 heterocycles. The van der Waals surface area contributed by atoms with Crippen LogP contribution in [0.1, 0.15) is 33.6 Å². The summed E-state index contributed by atoms with van der Waals surface area (Å²) in [5.41, 5.74) is 1.09. The van der Waals surface area contributed by atoms with Crippen LogP contribution in [0.4, 0.5) is 0 Å². The van der Waals surface area contributed by atoms with Gasteiger partial charge in [-0.15, -0.1) is 0 Å². The molecule has 0 aliphatic rings. The van der Waals surface area contributed by atoms with Crippen LogP contribution in [0.5, 0.6) is 0 Å². The molecule has 0 saturated carbocycles. The summed E-state index contributed by atoms with van der Waals surface area (Å²) in [5.74, 6) is 0. The van der Waals surface area contributed by atoms with Crippen molar-refractivity contribution in [3.05, 3.63) is 12.3 Å². The van der Waals surface area contributed by atoms with Gasteiger partial charge < -0.3 is 4.90 Å². The van der Waals surface area contributed by atoms with Crippen molar-refractivity contribution in [1.29, 1.82) is 0 Å². The lowest BCUT2D eigenvalue weighted by molar-refractivity contribution is 0.516. The first kappa shape index (κ1) is 12.2. The van der Waals surface area contributed by atoms with Gasteiger partial charge in [0, 0.05) is 19.8 Å². The van der Waals surface area contributed by atoms with E-state index < -0.39 is 0 Å². The maximum Gasteiger partial charge on any atom is 0.00578 e. The molecule has 0 aliphatic carbocycles. The van der Waals surface area contributed by atoms with Gasteiger partial charge in [-0.3, -0.25) is 0 Å². The number of hydrogen-bond acceptors (Lipinski definition) is 1. The van der Waals surface area contributed by atoms with Crippen LogP contribution in [0.15, 0.2) is 12.3 Å². The third-order valence-electron chi connectivity index (χ3n) is 1.26. The summed E-state index contributed by atoms with van der Waals surface area (Å²) < 4.78 is 0. The Kier molecular flexibility index (Phi) is 10.5. The predicted octanol–water partition coefficient (Wildman–Crippen LogP) is 2.89. The topological polar surface area (TPSA) is 3.24 Å². The van der Waals surface area contributed by atoms with Crippen LogP contribution < -0.4 is 0 Å². The SMILES string of the molecule is C=C(C)N(C)C.CCCC. The van der Waals surface area contributed by atoms with E-state index in [0.717, 1.165) is 5.70 Å². The molecule has 0 unspecified atom stereocenters. The van der Waals surface area contributed by atoms with Gasteiger partial charge in [0.1, 0.15) is 0 Å². The zero-order valence-corrected chi connectivity index (χ0v) is 8.07. The number of hydrogen-bond donors (Lipinski definition) is 0. The van der Waals surface area contributed by atoms with Crippen LogP contribution in [-0.2, 0) is 0 Å². The molecule has 1 heteroatoms. The van der Waals surface area contributed by atoms with E-state index in [0.29, 0.717) is 0 Å². The van der Waals surface area contributed by atoms with Gasteiger partial charge in [-0.1, -0.05) is 33.3 Å². The molecule has 0 aromatic carbocycles. The summed E-state index contributed by atoms with van der Waals surface area (Å²) in [6.07, 6.45) is 2.64. The van der Waals surface area contributed by atoms with E-state index in [4.69, 9.17) is 0 Å². The number of unbranched alkanes of at least 4 members (excludes halogenated alkanes) is 1. The van der Waals surface area contributed by atoms with Crippen LogP contribution in [0, 0.1) is 0 Å². The third-order valence-corrected chi connectivity index (χ3v) is 1.26. The Bertz CT molecular complexity index is 72.8. The lowest BCUT2D eigenvalue weighted by atomic mass is 10.4. The Labute approximate surface area is 65.7 Å². The highest BCUT2D eigenvalue weighted by Gasteiger charge is 1.79. The van der Waals surface area contributed by atoms with E-state index in [9.17, 15) is 0 Å². The quantitative estimate of drug-likeness (QED) is 0.574. The molecule has 0 fully saturated rings. The molecule has 10 heavy (non-hydrogen) atoms. The minimum absolute atomic E-state index is 1.09. The molecule has 0 saturated heterocycles. The molecule has 0 aliphatic heterocycles. The smallest absolute Gasteiger partial charge is 0.00578 e. The van der Waals surface area contributed by atoms with Crippen LogP contribution >= 0.6 is 0 Å². The second-order valence-corrected chi connectivity index (χ2v) is 2.63. The second-order valence-electron chi connectivity index (χ2n) is 2.63. The van der Waals surface area contributed by atoms with Crippen molar-refractivity contribution in [2.24, 2.45) is 0 Å². The highest BCUT2D eigenvalue weighted by atomic mass is 15.1. The summed E-state index contributed by atoms with van der Waals surface area (Å²) in [6.45, 7) is 10.0. The molecule has 0 N–H and O–H groups in total.